The Morgan fingerprint density at radius 3 is 2.93 bits per heavy atom. The van der Waals surface area contributed by atoms with E-state index in [1.807, 2.05) is 6.07 Å². The van der Waals surface area contributed by atoms with E-state index in [4.69, 9.17) is 22.1 Å². The van der Waals surface area contributed by atoms with Gasteiger partial charge in [0.2, 0.25) is 0 Å². The molecule has 0 heterocycles. The number of methoxy groups -OCH3 is 1. The number of nitrogens with zero attached hydrogens (tertiary/aromatic N) is 1. The number of benzene rings is 1. The van der Waals surface area contributed by atoms with Crippen molar-refractivity contribution in [2.75, 3.05) is 7.11 Å². The molecule has 1 aromatic carbocycles. The first-order valence-corrected chi connectivity index (χ1v) is 4.84. The van der Waals surface area contributed by atoms with Crippen molar-refractivity contribution in [2.45, 2.75) is 0 Å². The van der Waals surface area contributed by atoms with Crippen LogP contribution in [0.4, 0.5) is 0 Å². The van der Waals surface area contributed by atoms with Crippen molar-refractivity contribution < 1.29 is 4.74 Å². The van der Waals surface area contributed by atoms with Gasteiger partial charge in [0, 0.05) is 0 Å². The zero-order chi connectivity index (χ0) is 11.3. The van der Waals surface area contributed by atoms with Crippen LogP contribution in [0, 0.1) is 0 Å². The Bertz CT molecular complexity index is 395. The van der Waals surface area contributed by atoms with Crippen molar-refractivity contribution in [3.05, 3.63) is 28.8 Å². The third-order valence-corrected chi connectivity index (χ3v) is 1.95. The van der Waals surface area contributed by atoms with Crippen LogP contribution in [-0.2, 0) is 0 Å². The molecular weight excluding hydrogens is 234 g/mol. The fourth-order valence-electron chi connectivity index (χ4n) is 0.933. The number of nitrogens with two attached hydrogens (primary N) is 1. The van der Waals surface area contributed by atoms with Crippen molar-refractivity contribution in [1.29, 1.82) is 0 Å². The summed E-state index contributed by atoms with van der Waals surface area (Å²) in [6, 6.07) is 5.30. The van der Waals surface area contributed by atoms with Crippen molar-refractivity contribution >= 4 is 35.1 Å². The summed E-state index contributed by atoms with van der Waals surface area (Å²) < 4.78 is 5.01. The molecule has 0 aliphatic heterocycles. The average molecular weight is 244 g/mol. The van der Waals surface area contributed by atoms with Gasteiger partial charge in [-0.25, -0.2) is 0 Å². The molecule has 0 fully saturated rings. The molecule has 0 aliphatic rings. The van der Waals surface area contributed by atoms with Crippen LogP contribution in [0.1, 0.15) is 5.56 Å². The molecule has 0 saturated heterocycles. The lowest BCUT2D eigenvalue weighted by atomic mass is 10.2. The molecule has 4 nitrogen and oxygen atoms in total. The van der Waals surface area contributed by atoms with Gasteiger partial charge in [0.25, 0.3) is 0 Å². The fourth-order valence-corrected chi connectivity index (χ4v) is 1.25. The van der Waals surface area contributed by atoms with Gasteiger partial charge in [-0.15, -0.1) is 0 Å². The average Bonchev–Trinajstić information content (AvgIpc) is 2.17. The summed E-state index contributed by atoms with van der Waals surface area (Å²) in [5.74, 6) is 0.621. The first-order valence-electron chi connectivity index (χ1n) is 4.05. The number of hydrazone groups is 1. The SMILES string of the molecule is COc1ccc(/C=N\NC(N)=S)cc1Cl. The quantitative estimate of drug-likeness (QED) is 0.480. The van der Waals surface area contributed by atoms with Gasteiger partial charge in [0.15, 0.2) is 5.11 Å². The first-order chi connectivity index (χ1) is 7.13. The van der Waals surface area contributed by atoms with E-state index < -0.39 is 0 Å². The molecule has 1 rings (SSSR count). The maximum atomic E-state index is 5.91. The minimum atomic E-state index is 0.117. The highest BCUT2D eigenvalue weighted by atomic mass is 35.5. The monoisotopic (exact) mass is 243 g/mol. The van der Waals surface area contributed by atoms with E-state index in [1.165, 1.54) is 0 Å². The lowest BCUT2D eigenvalue weighted by molar-refractivity contribution is 0.415. The first kappa shape index (κ1) is 11.7. The number of ether oxygens (including phenoxy) is 1. The Kier molecular flexibility index (Phi) is 4.33. The van der Waals surface area contributed by atoms with Gasteiger partial charge in [-0.1, -0.05) is 11.6 Å². The van der Waals surface area contributed by atoms with Gasteiger partial charge in [-0.2, -0.15) is 5.10 Å². The van der Waals surface area contributed by atoms with Gasteiger partial charge < -0.3 is 10.5 Å². The summed E-state index contributed by atoms with van der Waals surface area (Å²) in [7, 11) is 1.56. The molecule has 0 saturated carbocycles. The highest BCUT2D eigenvalue weighted by Crippen LogP contribution is 2.24. The molecule has 3 N–H and O–H groups in total. The number of hydrogen-bond acceptors (Lipinski definition) is 3. The molecule has 80 valence electrons. The number of hydrogen-bond donors (Lipinski definition) is 2. The second kappa shape index (κ2) is 5.53. The normalized spacial score (nSPS) is 10.3. The highest BCUT2D eigenvalue weighted by Gasteiger charge is 1.99. The molecule has 0 bridgehead atoms. The van der Waals surface area contributed by atoms with Crippen LogP contribution in [-0.4, -0.2) is 18.4 Å². The summed E-state index contributed by atoms with van der Waals surface area (Å²) in [5.41, 5.74) is 8.46. The minimum Gasteiger partial charge on any atom is -0.495 e. The van der Waals surface area contributed by atoms with Crippen LogP contribution in [0.3, 0.4) is 0 Å². The minimum absolute atomic E-state index is 0.117. The van der Waals surface area contributed by atoms with E-state index in [0.717, 1.165) is 5.56 Å². The Labute approximate surface area is 98.1 Å². The molecule has 0 amide bonds. The maximum absolute atomic E-state index is 5.91. The van der Waals surface area contributed by atoms with Gasteiger partial charge in [0.05, 0.1) is 18.3 Å². The van der Waals surface area contributed by atoms with Gasteiger partial charge in [-0.3, -0.25) is 5.43 Å². The number of halogens is 1. The van der Waals surface area contributed by atoms with E-state index in [9.17, 15) is 0 Å². The lowest BCUT2D eigenvalue weighted by Gasteiger charge is -2.02. The fraction of sp³-hybridized carbons (Fsp3) is 0.111. The number of nitrogens with one attached hydrogen (secondary N) is 1. The highest BCUT2D eigenvalue weighted by molar-refractivity contribution is 7.80. The van der Waals surface area contributed by atoms with E-state index in [0.29, 0.717) is 10.8 Å². The molecular formula is C9H10ClN3OS. The van der Waals surface area contributed by atoms with Crippen LogP contribution in [0.5, 0.6) is 5.75 Å². The molecule has 0 aliphatic carbocycles. The number of thiocarbonyl (C=S) groups is 1. The summed E-state index contributed by atoms with van der Waals surface area (Å²) in [4.78, 5) is 0. The maximum Gasteiger partial charge on any atom is 0.184 e. The van der Waals surface area contributed by atoms with E-state index in [1.54, 1.807) is 25.5 Å². The summed E-state index contributed by atoms with van der Waals surface area (Å²) >= 11 is 10.5. The summed E-state index contributed by atoms with van der Waals surface area (Å²) in [6.45, 7) is 0. The Morgan fingerprint density at radius 2 is 2.40 bits per heavy atom. The Hall–Kier alpha value is -1.33. The number of rotatable bonds is 3. The zero-order valence-electron chi connectivity index (χ0n) is 8.03. The third-order valence-electron chi connectivity index (χ3n) is 1.56. The molecule has 1 aromatic rings. The Morgan fingerprint density at radius 1 is 1.67 bits per heavy atom. The van der Waals surface area contributed by atoms with Crippen LogP contribution in [0.15, 0.2) is 23.3 Å². The molecule has 0 radical (unpaired) electrons. The molecule has 0 spiro atoms. The topological polar surface area (TPSA) is 59.6 Å². The largest absolute Gasteiger partial charge is 0.495 e. The molecule has 0 aromatic heterocycles. The van der Waals surface area contributed by atoms with Gasteiger partial charge >= 0.3 is 0 Å². The summed E-state index contributed by atoms with van der Waals surface area (Å²) in [5, 5.41) is 4.44. The van der Waals surface area contributed by atoms with Crippen molar-refractivity contribution in [2.24, 2.45) is 10.8 Å². The zero-order valence-corrected chi connectivity index (χ0v) is 9.60. The predicted molar refractivity (Wildman–Crippen MR) is 65.5 cm³/mol. The smallest absolute Gasteiger partial charge is 0.184 e. The second-order valence-electron chi connectivity index (χ2n) is 2.63. The van der Waals surface area contributed by atoms with Crippen molar-refractivity contribution in [1.82, 2.24) is 5.43 Å². The third kappa shape index (κ3) is 3.73. The van der Waals surface area contributed by atoms with E-state index >= 15 is 0 Å². The molecule has 6 heteroatoms. The lowest BCUT2D eigenvalue weighted by Crippen LogP contribution is -2.23. The van der Waals surface area contributed by atoms with Crippen LogP contribution in [0.25, 0.3) is 0 Å². The summed E-state index contributed by atoms with van der Waals surface area (Å²) in [6.07, 6.45) is 1.56. The van der Waals surface area contributed by atoms with Crippen LogP contribution >= 0.6 is 23.8 Å². The van der Waals surface area contributed by atoms with Crippen molar-refractivity contribution in [3.8, 4) is 5.75 Å². The second-order valence-corrected chi connectivity index (χ2v) is 3.48. The van der Waals surface area contributed by atoms with Gasteiger partial charge in [0.1, 0.15) is 5.75 Å². The van der Waals surface area contributed by atoms with Crippen LogP contribution < -0.4 is 15.9 Å². The van der Waals surface area contributed by atoms with Crippen LogP contribution in [0.2, 0.25) is 5.02 Å². The van der Waals surface area contributed by atoms with E-state index in [-0.39, 0.29) is 5.11 Å². The molecule has 0 atom stereocenters. The predicted octanol–water partition coefficient (Wildman–Crippen LogP) is 1.52. The standard InChI is InChI=1S/C9H10ClN3OS/c1-14-8-3-2-6(4-7(8)10)5-12-13-9(11)15/h2-5H,1H3,(H3,11,13,15)/b12-5-. The Balaban J connectivity index is 2.75. The molecule has 0 unspecified atom stereocenters. The molecule has 15 heavy (non-hydrogen) atoms. The van der Waals surface area contributed by atoms with E-state index in [2.05, 4.69) is 22.7 Å². The van der Waals surface area contributed by atoms with Crippen molar-refractivity contribution in [3.63, 3.8) is 0 Å². The van der Waals surface area contributed by atoms with Gasteiger partial charge in [-0.05, 0) is 36.0 Å².